The fourth-order valence-electron chi connectivity index (χ4n) is 0.138. The Morgan fingerprint density at radius 3 is 1.73 bits per heavy atom. The smallest absolute Gasteiger partial charge is 0.313 e. The molecule has 0 N–H and O–H groups in total. The highest BCUT2D eigenvalue weighted by molar-refractivity contribution is 7.81. The molecule has 0 fully saturated rings. The maximum atomic E-state index is 11.2. The van der Waals surface area contributed by atoms with Crippen LogP contribution in [0.15, 0.2) is 0 Å². The van der Waals surface area contributed by atoms with Gasteiger partial charge in [-0.2, -0.15) is 21.6 Å². The summed E-state index contributed by atoms with van der Waals surface area (Å²) < 4.78 is 65.3. The molecule has 0 aromatic heterocycles. The van der Waals surface area contributed by atoms with Gasteiger partial charge in [-0.15, -0.1) is 0 Å². The van der Waals surface area contributed by atoms with Gasteiger partial charge in [0.25, 0.3) is 0 Å². The Morgan fingerprint density at radius 1 is 1.27 bits per heavy atom. The van der Waals surface area contributed by atoms with E-state index in [9.17, 15) is 30.3 Å². The first kappa shape index (κ1) is 10.1. The second kappa shape index (κ2) is 2.64. The molecule has 0 aliphatic carbocycles. The predicted molar refractivity (Wildman–Crippen MR) is 22.2 cm³/mol. The molecule has 0 amide bonds. The van der Waals surface area contributed by atoms with Gasteiger partial charge in [0.15, 0.2) is 0 Å². The minimum Gasteiger partial charge on any atom is -0.313 e. The number of carbonyl (C=O) groups is 1. The van der Waals surface area contributed by atoms with Crippen LogP contribution in [0.2, 0.25) is 0 Å². The standard InChI is InChI=1S/C2F4O4S/c3-2(4,5)1(7)10-11(6,8)9. The first-order valence-electron chi connectivity index (χ1n) is 1.88. The highest BCUT2D eigenvalue weighted by Gasteiger charge is 2.43. The molecule has 0 aliphatic heterocycles. The van der Waals surface area contributed by atoms with Crippen molar-refractivity contribution in [2.45, 2.75) is 6.18 Å². The van der Waals surface area contributed by atoms with Crippen LogP contribution in [0.5, 0.6) is 0 Å². The van der Waals surface area contributed by atoms with Crippen molar-refractivity contribution < 1.29 is 34.5 Å². The molecule has 0 saturated heterocycles. The van der Waals surface area contributed by atoms with Crippen LogP contribution in [0.4, 0.5) is 17.1 Å². The summed E-state index contributed by atoms with van der Waals surface area (Å²) in [6.07, 6.45) is -5.51. The summed E-state index contributed by atoms with van der Waals surface area (Å²) in [5.74, 6) is -3.11. The molecule has 0 heterocycles. The molecular weight excluding hydrogens is 196 g/mol. The van der Waals surface area contributed by atoms with Crippen molar-refractivity contribution in [2.24, 2.45) is 0 Å². The molecule has 0 unspecified atom stereocenters. The van der Waals surface area contributed by atoms with Crippen LogP contribution in [0.3, 0.4) is 0 Å². The molecule has 0 rings (SSSR count). The quantitative estimate of drug-likeness (QED) is 0.447. The van der Waals surface area contributed by atoms with Gasteiger partial charge >= 0.3 is 22.6 Å². The van der Waals surface area contributed by atoms with E-state index in [0.717, 1.165) is 0 Å². The number of carbonyl (C=O) groups excluding carboxylic acids is 1. The fraction of sp³-hybridized carbons (Fsp3) is 0.500. The molecular formula is C2F4O4S. The normalized spacial score (nSPS) is 12.7. The van der Waals surface area contributed by atoms with E-state index in [2.05, 4.69) is 4.18 Å². The summed E-state index contributed by atoms with van der Waals surface area (Å²) >= 11 is 0. The first-order chi connectivity index (χ1) is 4.63. The van der Waals surface area contributed by atoms with Gasteiger partial charge in [-0.1, -0.05) is 3.89 Å². The van der Waals surface area contributed by atoms with Crippen LogP contribution in [0.1, 0.15) is 0 Å². The number of hydrogen-bond donors (Lipinski definition) is 0. The molecule has 0 atom stereocenters. The largest absolute Gasteiger partial charge is 0.492 e. The minimum absolute atomic E-state index is 2.34. The van der Waals surface area contributed by atoms with Crippen LogP contribution in [-0.2, 0) is 19.5 Å². The van der Waals surface area contributed by atoms with Crippen LogP contribution in [-0.4, -0.2) is 20.6 Å². The third-order valence-corrected chi connectivity index (χ3v) is 0.757. The topological polar surface area (TPSA) is 60.4 Å². The molecule has 0 saturated carbocycles. The third kappa shape index (κ3) is 4.53. The van der Waals surface area contributed by atoms with Gasteiger partial charge in [0.05, 0.1) is 0 Å². The molecule has 11 heavy (non-hydrogen) atoms. The van der Waals surface area contributed by atoms with Crippen molar-refractivity contribution in [2.75, 3.05) is 0 Å². The predicted octanol–water partition coefficient (Wildman–Crippen LogP) is 0.306. The molecule has 0 aromatic carbocycles. The van der Waals surface area contributed by atoms with E-state index in [0.29, 0.717) is 0 Å². The van der Waals surface area contributed by atoms with E-state index in [1.54, 1.807) is 0 Å². The van der Waals surface area contributed by atoms with Gasteiger partial charge in [0, 0.05) is 0 Å². The van der Waals surface area contributed by atoms with Crippen molar-refractivity contribution in [3.63, 3.8) is 0 Å². The molecule has 4 nitrogen and oxygen atoms in total. The van der Waals surface area contributed by atoms with Crippen LogP contribution in [0, 0.1) is 0 Å². The Kier molecular flexibility index (Phi) is 2.44. The number of halogens is 4. The lowest BCUT2D eigenvalue weighted by Gasteiger charge is -2.00. The molecule has 0 bridgehead atoms. The molecule has 0 aromatic rings. The molecule has 0 radical (unpaired) electrons. The van der Waals surface area contributed by atoms with Gasteiger partial charge in [0.2, 0.25) is 0 Å². The van der Waals surface area contributed by atoms with Crippen LogP contribution < -0.4 is 0 Å². The Bertz CT molecular complexity index is 250. The number of rotatable bonds is 1. The van der Waals surface area contributed by atoms with Gasteiger partial charge in [-0.3, -0.25) is 0 Å². The number of alkyl halides is 3. The van der Waals surface area contributed by atoms with Crippen molar-refractivity contribution in [3.05, 3.63) is 0 Å². The maximum absolute atomic E-state index is 11.2. The lowest BCUT2D eigenvalue weighted by atomic mass is 10.7. The van der Waals surface area contributed by atoms with Crippen LogP contribution in [0.25, 0.3) is 0 Å². The third-order valence-electron chi connectivity index (χ3n) is 0.407. The van der Waals surface area contributed by atoms with E-state index < -0.39 is 22.6 Å². The Morgan fingerprint density at radius 2 is 1.64 bits per heavy atom. The fourth-order valence-corrected chi connectivity index (χ4v) is 0.413. The Hall–Kier alpha value is -0.860. The van der Waals surface area contributed by atoms with E-state index in [1.165, 1.54) is 0 Å². The second-order valence-electron chi connectivity index (χ2n) is 1.26. The van der Waals surface area contributed by atoms with Crippen molar-refractivity contribution >= 4 is 16.5 Å². The second-order valence-corrected chi connectivity index (χ2v) is 2.21. The summed E-state index contributed by atoms with van der Waals surface area (Å²) in [5, 5.41) is 0. The van der Waals surface area contributed by atoms with Gasteiger partial charge in [-0.25, -0.2) is 4.79 Å². The van der Waals surface area contributed by atoms with Crippen molar-refractivity contribution in [1.82, 2.24) is 0 Å². The summed E-state index contributed by atoms with van der Waals surface area (Å²) in [6.45, 7) is 0. The maximum Gasteiger partial charge on any atom is 0.492 e. The summed E-state index contributed by atoms with van der Waals surface area (Å²) in [7, 11) is -5.88. The number of hydrogen-bond acceptors (Lipinski definition) is 4. The van der Waals surface area contributed by atoms with Gasteiger partial charge in [0.1, 0.15) is 0 Å². The van der Waals surface area contributed by atoms with E-state index in [4.69, 9.17) is 0 Å². The van der Waals surface area contributed by atoms with E-state index >= 15 is 0 Å². The molecule has 9 heteroatoms. The first-order valence-corrected chi connectivity index (χ1v) is 3.19. The molecule has 0 aliphatic rings. The summed E-state index contributed by atoms with van der Waals surface area (Å²) in [5.41, 5.74) is 0. The van der Waals surface area contributed by atoms with Crippen molar-refractivity contribution in [1.29, 1.82) is 0 Å². The highest BCUT2D eigenvalue weighted by atomic mass is 32.3. The average molecular weight is 196 g/mol. The van der Waals surface area contributed by atoms with E-state index in [1.807, 2.05) is 0 Å². The highest BCUT2D eigenvalue weighted by Crippen LogP contribution is 2.17. The lowest BCUT2D eigenvalue weighted by molar-refractivity contribution is -0.189. The summed E-state index contributed by atoms with van der Waals surface area (Å²) in [4.78, 5) is 9.51. The lowest BCUT2D eigenvalue weighted by Crippen LogP contribution is -2.26. The SMILES string of the molecule is O=C(OS(=O)(=O)F)C(F)(F)F. The Balaban J connectivity index is 4.35. The summed E-state index contributed by atoms with van der Waals surface area (Å²) in [6, 6.07) is 0. The molecule has 66 valence electrons. The monoisotopic (exact) mass is 196 g/mol. The Labute approximate surface area is 58.2 Å². The minimum atomic E-state index is -5.88. The zero-order valence-corrected chi connectivity index (χ0v) is 5.37. The van der Waals surface area contributed by atoms with E-state index in [-0.39, 0.29) is 0 Å². The van der Waals surface area contributed by atoms with Crippen LogP contribution >= 0.6 is 0 Å². The van der Waals surface area contributed by atoms with Gasteiger partial charge in [-0.05, 0) is 0 Å². The van der Waals surface area contributed by atoms with Crippen molar-refractivity contribution in [3.8, 4) is 0 Å². The van der Waals surface area contributed by atoms with Gasteiger partial charge < -0.3 is 4.18 Å². The molecule has 0 spiro atoms. The average Bonchev–Trinajstić information content (AvgIpc) is 1.56. The zero-order chi connectivity index (χ0) is 9.28. The zero-order valence-electron chi connectivity index (χ0n) is 4.55.